The van der Waals surface area contributed by atoms with Gasteiger partial charge in [0.2, 0.25) is 10.0 Å². The molecule has 1 aromatic heterocycles. The van der Waals surface area contributed by atoms with Crippen LogP contribution in [0.2, 0.25) is 0 Å². The van der Waals surface area contributed by atoms with E-state index in [1.807, 2.05) is 30.3 Å². The van der Waals surface area contributed by atoms with Crippen LogP contribution in [0.4, 0.5) is 0 Å². The van der Waals surface area contributed by atoms with E-state index in [1.54, 1.807) is 47.0 Å². The second kappa shape index (κ2) is 9.96. The minimum absolute atomic E-state index is 0.0214. The van der Waals surface area contributed by atoms with Crippen molar-refractivity contribution in [1.82, 2.24) is 9.21 Å². The number of thiophene rings is 1. The molecule has 1 aliphatic rings. The second-order valence-electron chi connectivity index (χ2n) is 7.80. The molecule has 0 unspecified atom stereocenters. The van der Waals surface area contributed by atoms with Crippen molar-refractivity contribution in [1.29, 1.82) is 0 Å². The summed E-state index contributed by atoms with van der Waals surface area (Å²) in [4.78, 5) is 4.08. The van der Waals surface area contributed by atoms with Crippen LogP contribution < -0.4 is 4.74 Å². The highest BCUT2D eigenvalue weighted by atomic mass is 32.2. The number of hydrogen-bond acceptors (Lipinski definition) is 5. The first-order valence-electron chi connectivity index (χ1n) is 10.5. The largest absolute Gasteiger partial charge is 0.497 e. The number of nitrogens with zero attached hydrogens (tertiary/aromatic N) is 2. The molecule has 1 fully saturated rings. The Hall–Kier alpha value is -2.19. The highest BCUT2D eigenvalue weighted by molar-refractivity contribution is 7.89. The van der Waals surface area contributed by atoms with Crippen molar-refractivity contribution in [2.24, 2.45) is 0 Å². The van der Waals surface area contributed by atoms with E-state index in [4.69, 9.17) is 4.74 Å². The predicted octanol–water partition coefficient (Wildman–Crippen LogP) is 4.61. The monoisotopic (exact) mass is 456 g/mol. The van der Waals surface area contributed by atoms with Gasteiger partial charge >= 0.3 is 0 Å². The Morgan fingerprint density at radius 3 is 2.32 bits per heavy atom. The lowest BCUT2D eigenvalue weighted by atomic mass is 10.0. The van der Waals surface area contributed by atoms with Crippen LogP contribution in [-0.4, -0.2) is 43.9 Å². The van der Waals surface area contributed by atoms with Crippen LogP contribution in [0, 0.1) is 0 Å². The van der Waals surface area contributed by atoms with E-state index >= 15 is 0 Å². The number of hydrogen-bond donors (Lipinski definition) is 0. The van der Waals surface area contributed by atoms with Crippen molar-refractivity contribution >= 4 is 21.4 Å². The number of piperidine rings is 1. The number of benzene rings is 2. The first-order valence-corrected chi connectivity index (χ1v) is 12.8. The molecular formula is C24H28N2O3S2. The van der Waals surface area contributed by atoms with Gasteiger partial charge in [-0.1, -0.05) is 36.4 Å². The van der Waals surface area contributed by atoms with Crippen molar-refractivity contribution in [2.45, 2.75) is 36.9 Å². The summed E-state index contributed by atoms with van der Waals surface area (Å²) >= 11 is 1.77. The molecule has 4 rings (SSSR count). The molecule has 7 heteroatoms. The molecule has 0 N–H and O–H groups in total. The van der Waals surface area contributed by atoms with Crippen LogP contribution in [-0.2, 0) is 23.1 Å². The maximum atomic E-state index is 13.6. The van der Waals surface area contributed by atoms with Crippen LogP contribution >= 0.6 is 11.3 Å². The Balaban J connectivity index is 1.54. The first-order chi connectivity index (χ1) is 15.1. The summed E-state index contributed by atoms with van der Waals surface area (Å²) in [6, 6.07) is 20.7. The minimum atomic E-state index is -3.63. The second-order valence-corrected chi connectivity index (χ2v) is 10.7. The number of likely N-dealkylation sites (tertiary alicyclic amines) is 1. The Morgan fingerprint density at radius 1 is 1.00 bits per heavy atom. The number of ether oxygens (including phenoxy) is 1. The summed E-state index contributed by atoms with van der Waals surface area (Å²) in [5.41, 5.74) is 1.00. The number of rotatable bonds is 8. The smallest absolute Gasteiger partial charge is 0.243 e. The van der Waals surface area contributed by atoms with E-state index in [0.717, 1.165) is 38.0 Å². The van der Waals surface area contributed by atoms with E-state index < -0.39 is 10.0 Å². The third kappa shape index (κ3) is 5.36. The first kappa shape index (κ1) is 22.0. The van der Waals surface area contributed by atoms with E-state index in [0.29, 0.717) is 17.2 Å². The number of sulfonamides is 1. The fraction of sp³-hybridized carbons (Fsp3) is 0.333. The zero-order valence-electron chi connectivity index (χ0n) is 17.7. The molecule has 0 spiro atoms. The van der Waals surface area contributed by atoms with Gasteiger partial charge in [-0.25, -0.2) is 8.42 Å². The Bertz CT molecular complexity index is 1040. The van der Waals surface area contributed by atoms with Crippen molar-refractivity contribution in [3.8, 4) is 5.75 Å². The fourth-order valence-corrected chi connectivity index (χ4v) is 6.46. The van der Waals surface area contributed by atoms with Gasteiger partial charge in [-0.05, 0) is 54.1 Å². The van der Waals surface area contributed by atoms with Crippen molar-refractivity contribution in [3.63, 3.8) is 0 Å². The molecule has 0 radical (unpaired) electrons. The van der Waals surface area contributed by atoms with Crippen LogP contribution in [0.1, 0.15) is 23.3 Å². The maximum Gasteiger partial charge on any atom is 0.243 e. The van der Waals surface area contributed by atoms with Crippen LogP contribution in [0.5, 0.6) is 5.75 Å². The van der Waals surface area contributed by atoms with Crippen LogP contribution in [0.3, 0.4) is 0 Å². The molecule has 2 heterocycles. The normalized spacial score (nSPS) is 15.9. The molecule has 0 atom stereocenters. The Morgan fingerprint density at radius 2 is 1.71 bits per heavy atom. The van der Waals surface area contributed by atoms with Crippen LogP contribution in [0.25, 0.3) is 0 Å². The van der Waals surface area contributed by atoms with Crippen molar-refractivity contribution < 1.29 is 13.2 Å². The predicted molar refractivity (Wildman–Crippen MR) is 125 cm³/mol. The number of methoxy groups -OCH3 is 1. The lowest BCUT2D eigenvalue weighted by Gasteiger charge is -2.37. The van der Waals surface area contributed by atoms with Gasteiger partial charge in [-0.2, -0.15) is 4.31 Å². The average Bonchev–Trinajstić information content (AvgIpc) is 3.32. The standard InChI is InChI=1S/C24H28N2O3S2/c1-29-22-9-11-24(12-10-22)31(27,28)26(18-20-6-3-2-4-7-20)21-13-15-25(16-14-21)19-23-8-5-17-30-23/h2-12,17,21H,13-16,18-19H2,1H3. The molecule has 0 bridgehead atoms. The van der Waals surface area contributed by atoms with Gasteiger partial charge in [0.15, 0.2) is 0 Å². The molecule has 1 aliphatic heterocycles. The highest BCUT2D eigenvalue weighted by Gasteiger charge is 2.34. The van der Waals surface area contributed by atoms with E-state index in [1.165, 1.54) is 4.88 Å². The van der Waals surface area contributed by atoms with E-state index in [-0.39, 0.29) is 6.04 Å². The van der Waals surface area contributed by atoms with Gasteiger partial charge in [-0.15, -0.1) is 11.3 Å². The topological polar surface area (TPSA) is 49.9 Å². The summed E-state index contributed by atoms with van der Waals surface area (Å²) in [6.45, 7) is 3.11. The van der Waals surface area contributed by atoms with Gasteiger partial charge < -0.3 is 4.74 Å². The fourth-order valence-electron chi connectivity index (χ4n) is 4.05. The quantitative estimate of drug-likeness (QED) is 0.497. The summed E-state index contributed by atoms with van der Waals surface area (Å²) in [5, 5.41) is 2.10. The molecule has 0 saturated carbocycles. The maximum absolute atomic E-state index is 13.6. The summed E-state index contributed by atoms with van der Waals surface area (Å²) in [6.07, 6.45) is 1.65. The van der Waals surface area contributed by atoms with Crippen molar-refractivity contribution in [3.05, 3.63) is 82.6 Å². The van der Waals surface area contributed by atoms with Gasteiger partial charge in [0.05, 0.1) is 12.0 Å². The zero-order valence-corrected chi connectivity index (χ0v) is 19.3. The average molecular weight is 457 g/mol. The Kier molecular flexibility index (Phi) is 7.07. The van der Waals surface area contributed by atoms with Gasteiger partial charge in [0.1, 0.15) is 5.75 Å². The Labute approximate surface area is 188 Å². The molecule has 164 valence electrons. The lowest BCUT2D eigenvalue weighted by Crippen LogP contribution is -2.46. The molecule has 0 aliphatic carbocycles. The third-order valence-corrected chi connectivity index (χ3v) is 8.54. The molecule has 2 aromatic carbocycles. The third-order valence-electron chi connectivity index (χ3n) is 5.77. The minimum Gasteiger partial charge on any atom is -0.497 e. The van der Waals surface area contributed by atoms with E-state index in [2.05, 4.69) is 22.4 Å². The summed E-state index contributed by atoms with van der Waals surface area (Å²) < 4.78 is 34.2. The molecule has 3 aromatic rings. The molecule has 0 amide bonds. The molecule has 5 nitrogen and oxygen atoms in total. The van der Waals surface area contributed by atoms with Gasteiger partial charge in [0.25, 0.3) is 0 Å². The van der Waals surface area contributed by atoms with Gasteiger partial charge in [-0.3, -0.25) is 4.90 Å². The summed E-state index contributed by atoms with van der Waals surface area (Å²) in [7, 11) is -2.05. The SMILES string of the molecule is COc1ccc(S(=O)(=O)N(Cc2ccccc2)C2CCN(Cc3cccs3)CC2)cc1. The van der Waals surface area contributed by atoms with Crippen LogP contribution in [0.15, 0.2) is 77.0 Å². The molecule has 1 saturated heterocycles. The van der Waals surface area contributed by atoms with Gasteiger partial charge in [0, 0.05) is 37.1 Å². The highest BCUT2D eigenvalue weighted by Crippen LogP contribution is 2.28. The zero-order chi connectivity index (χ0) is 21.7. The lowest BCUT2D eigenvalue weighted by molar-refractivity contribution is 0.151. The van der Waals surface area contributed by atoms with Crippen molar-refractivity contribution in [2.75, 3.05) is 20.2 Å². The molecular weight excluding hydrogens is 428 g/mol. The molecule has 31 heavy (non-hydrogen) atoms. The summed E-state index contributed by atoms with van der Waals surface area (Å²) in [5.74, 6) is 0.649. The van der Waals surface area contributed by atoms with E-state index in [9.17, 15) is 8.42 Å².